The maximum atomic E-state index is 12.1. The van der Waals surface area contributed by atoms with Crippen LogP contribution >= 0.6 is 24.0 Å². The number of amides is 1. The van der Waals surface area contributed by atoms with Gasteiger partial charge in [-0.05, 0) is 44.0 Å². The third kappa shape index (κ3) is 4.84. The smallest absolute Gasteiger partial charge is 0.282 e. The van der Waals surface area contributed by atoms with Crippen LogP contribution < -0.4 is 10.6 Å². The van der Waals surface area contributed by atoms with Crippen LogP contribution in [0.1, 0.15) is 23.2 Å². The Hall–Kier alpha value is -1.37. The van der Waals surface area contributed by atoms with Crippen molar-refractivity contribution in [2.45, 2.75) is 12.8 Å². The molecular weight excluding hydrogens is 317 g/mol. The summed E-state index contributed by atoms with van der Waals surface area (Å²) in [7, 11) is 0. The normalized spacial score (nSPS) is 17.7. The van der Waals surface area contributed by atoms with Crippen molar-refractivity contribution in [3.05, 3.63) is 38.9 Å². The number of nitro groups is 1. The van der Waals surface area contributed by atoms with E-state index in [1.165, 1.54) is 18.2 Å². The molecule has 8 heteroatoms. The standard InChI is InChI=1S/C13H16ClN3O3.ClH/c14-10-3-4-12(17(19)20)11(6-10)13(18)16-8-9-2-1-5-15-7-9;/h3-4,6,9,15H,1-2,5,7-8H2,(H,16,18);1H. The summed E-state index contributed by atoms with van der Waals surface area (Å²) in [4.78, 5) is 22.4. The van der Waals surface area contributed by atoms with Crippen molar-refractivity contribution in [1.82, 2.24) is 10.6 Å². The number of benzene rings is 1. The third-order valence-corrected chi connectivity index (χ3v) is 3.59. The second-order valence-electron chi connectivity index (χ2n) is 4.84. The Morgan fingerprint density at radius 2 is 2.29 bits per heavy atom. The molecule has 116 valence electrons. The van der Waals surface area contributed by atoms with Gasteiger partial charge in [-0.3, -0.25) is 14.9 Å². The molecule has 6 nitrogen and oxygen atoms in total. The average Bonchev–Trinajstić information content (AvgIpc) is 2.45. The first-order valence-electron chi connectivity index (χ1n) is 6.51. The summed E-state index contributed by atoms with van der Waals surface area (Å²) in [6.45, 7) is 2.37. The van der Waals surface area contributed by atoms with E-state index in [4.69, 9.17) is 11.6 Å². The lowest BCUT2D eigenvalue weighted by molar-refractivity contribution is -0.385. The zero-order valence-electron chi connectivity index (χ0n) is 11.3. The molecule has 1 aromatic rings. The highest BCUT2D eigenvalue weighted by Crippen LogP contribution is 2.22. The van der Waals surface area contributed by atoms with Gasteiger partial charge in [-0.2, -0.15) is 0 Å². The number of halogens is 2. The van der Waals surface area contributed by atoms with Crippen molar-refractivity contribution in [2.75, 3.05) is 19.6 Å². The highest BCUT2D eigenvalue weighted by Gasteiger charge is 2.21. The van der Waals surface area contributed by atoms with Gasteiger partial charge in [0.15, 0.2) is 0 Å². The SMILES string of the molecule is Cl.O=C(NCC1CCCNC1)c1cc(Cl)ccc1[N+](=O)[O-]. The van der Waals surface area contributed by atoms with Crippen LogP contribution in [0.2, 0.25) is 5.02 Å². The molecule has 1 aliphatic heterocycles. The molecule has 2 N–H and O–H groups in total. The van der Waals surface area contributed by atoms with Gasteiger partial charge in [-0.15, -0.1) is 12.4 Å². The van der Waals surface area contributed by atoms with E-state index in [0.717, 1.165) is 25.9 Å². The van der Waals surface area contributed by atoms with Crippen LogP contribution in [0.3, 0.4) is 0 Å². The van der Waals surface area contributed by atoms with Crippen LogP contribution in [0.5, 0.6) is 0 Å². The quantitative estimate of drug-likeness (QED) is 0.654. The molecule has 0 bridgehead atoms. The summed E-state index contributed by atoms with van der Waals surface area (Å²) in [6.07, 6.45) is 2.13. The average molecular weight is 334 g/mol. The van der Waals surface area contributed by atoms with Crippen LogP contribution in [0.25, 0.3) is 0 Å². The van der Waals surface area contributed by atoms with Crippen molar-refractivity contribution in [3.8, 4) is 0 Å². The molecule has 2 rings (SSSR count). The molecule has 1 unspecified atom stereocenters. The monoisotopic (exact) mass is 333 g/mol. The van der Waals surface area contributed by atoms with Gasteiger partial charge in [0.05, 0.1) is 4.92 Å². The van der Waals surface area contributed by atoms with Gasteiger partial charge in [-0.25, -0.2) is 0 Å². The van der Waals surface area contributed by atoms with E-state index < -0.39 is 10.8 Å². The number of carbonyl (C=O) groups is 1. The zero-order chi connectivity index (χ0) is 14.5. The highest BCUT2D eigenvalue weighted by molar-refractivity contribution is 6.31. The lowest BCUT2D eigenvalue weighted by Gasteiger charge is -2.22. The zero-order valence-corrected chi connectivity index (χ0v) is 12.9. The molecule has 1 aliphatic rings. The fourth-order valence-corrected chi connectivity index (χ4v) is 2.45. The number of carbonyl (C=O) groups excluding carboxylic acids is 1. The van der Waals surface area contributed by atoms with Crippen LogP contribution in [-0.4, -0.2) is 30.5 Å². The maximum Gasteiger partial charge on any atom is 0.282 e. The Labute approximate surface area is 133 Å². The Bertz CT molecular complexity index is 519. The lowest BCUT2D eigenvalue weighted by Crippen LogP contribution is -2.38. The minimum Gasteiger partial charge on any atom is -0.351 e. The molecule has 0 aliphatic carbocycles. The second-order valence-corrected chi connectivity index (χ2v) is 5.28. The van der Waals surface area contributed by atoms with Crippen molar-refractivity contribution in [3.63, 3.8) is 0 Å². The Morgan fingerprint density at radius 3 is 2.90 bits per heavy atom. The van der Waals surface area contributed by atoms with Gasteiger partial charge in [-0.1, -0.05) is 11.6 Å². The molecule has 0 spiro atoms. The lowest BCUT2D eigenvalue weighted by atomic mass is 9.99. The minimum absolute atomic E-state index is 0. The largest absolute Gasteiger partial charge is 0.351 e. The summed E-state index contributed by atoms with van der Waals surface area (Å²) in [6, 6.07) is 3.98. The molecule has 0 saturated carbocycles. The second kappa shape index (κ2) is 8.17. The fourth-order valence-electron chi connectivity index (χ4n) is 2.28. The first-order valence-corrected chi connectivity index (χ1v) is 6.88. The summed E-state index contributed by atoms with van der Waals surface area (Å²) >= 11 is 5.80. The van der Waals surface area contributed by atoms with Gasteiger partial charge in [0.1, 0.15) is 5.56 Å². The number of nitrogens with one attached hydrogen (secondary N) is 2. The first kappa shape index (κ1) is 17.7. The fraction of sp³-hybridized carbons (Fsp3) is 0.462. The van der Waals surface area contributed by atoms with Gasteiger partial charge in [0.25, 0.3) is 11.6 Å². The Kier molecular flexibility index (Phi) is 6.87. The molecule has 0 aromatic heterocycles. The van der Waals surface area contributed by atoms with Crippen molar-refractivity contribution >= 4 is 35.6 Å². The molecule has 1 aromatic carbocycles. The van der Waals surface area contributed by atoms with Crippen LogP contribution in [-0.2, 0) is 0 Å². The van der Waals surface area contributed by atoms with Crippen LogP contribution in [0.4, 0.5) is 5.69 Å². The molecular formula is C13H17Cl2N3O3. The summed E-state index contributed by atoms with van der Waals surface area (Å²) in [5.41, 5.74) is -0.222. The van der Waals surface area contributed by atoms with Crippen LogP contribution in [0, 0.1) is 16.0 Å². The number of hydrogen-bond donors (Lipinski definition) is 2. The van der Waals surface area contributed by atoms with Gasteiger partial charge in [0.2, 0.25) is 0 Å². The molecule has 21 heavy (non-hydrogen) atoms. The van der Waals surface area contributed by atoms with Crippen molar-refractivity contribution < 1.29 is 9.72 Å². The molecule has 1 amide bonds. The van der Waals surface area contributed by atoms with E-state index in [0.29, 0.717) is 17.5 Å². The Balaban J connectivity index is 0.00000220. The number of nitrogens with zero attached hydrogens (tertiary/aromatic N) is 1. The number of piperidine rings is 1. The van der Waals surface area contributed by atoms with E-state index in [-0.39, 0.29) is 23.7 Å². The van der Waals surface area contributed by atoms with E-state index in [1.807, 2.05) is 0 Å². The molecule has 1 heterocycles. The van der Waals surface area contributed by atoms with Crippen molar-refractivity contribution in [2.24, 2.45) is 5.92 Å². The van der Waals surface area contributed by atoms with E-state index in [2.05, 4.69) is 10.6 Å². The topological polar surface area (TPSA) is 84.3 Å². The van der Waals surface area contributed by atoms with Gasteiger partial charge >= 0.3 is 0 Å². The number of hydrogen-bond acceptors (Lipinski definition) is 4. The van der Waals surface area contributed by atoms with E-state index in [1.54, 1.807) is 0 Å². The molecule has 1 atom stereocenters. The van der Waals surface area contributed by atoms with Crippen molar-refractivity contribution in [1.29, 1.82) is 0 Å². The number of nitro benzene ring substituents is 1. The summed E-state index contributed by atoms with van der Waals surface area (Å²) in [5, 5.41) is 17.2. The third-order valence-electron chi connectivity index (χ3n) is 3.35. The van der Waals surface area contributed by atoms with Gasteiger partial charge in [0, 0.05) is 17.6 Å². The maximum absolute atomic E-state index is 12.1. The predicted octanol–water partition coefficient (Wildman–Crippen LogP) is 2.40. The molecule has 0 radical (unpaired) electrons. The highest BCUT2D eigenvalue weighted by atomic mass is 35.5. The predicted molar refractivity (Wildman–Crippen MR) is 83.3 cm³/mol. The minimum atomic E-state index is -0.576. The molecule has 1 fully saturated rings. The number of rotatable bonds is 4. The summed E-state index contributed by atoms with van der Waals surface area (Å²) in [5.74, 6) is -0.0873. The van der Waals surface area contributed by atoms with E-state index >= 15 is 0 Å². The first-order chi connectivity index (χ1) is 9.58. The van der Waals surface area contributed by atoms with Gasteiger partial charge < -0.3 is 10.6 Å². The van der Waals surface area contributed by atoms with Crippen LogP contribution in [0.15, 0.2) is 18.2 Å². The van der Waals surface area contributed by atoms with E-state index in [9.17, 15) is 14.9 Å². The Morgan fingerprint density at radius 1 is 1.52 bits per heavy atom. The summed E-state index contributed by atoms with van der Waals surface area (Å²) < 4.78 is 0. The molecule has 1 saturated heterocycles.